The van der Waals surface area contributed by atoms with Crippen molar-refractivity contribution in [3.05, 3.63) is 36.0 Å². The van der Waals surface area contributed by atoms with E-state index in [9.17, 15) is 19.5 Å². The molecular weight excluding hydrogens is 362 g/mol. The first-order valence-corrected chi connectivity index (χ1v) is 8.99. The molecule has 8 nitrogen and oxygen atoms in total. The van der Waals surface area contributed by atoms with Crippen LogP contribution in [0.2, 0.25) is 0 Å². The predicted molar refractivity (Wildman–Crippen MR) is 105 cm³/mol. The summed E-state index contributed by atoms with van der Waals surface area (Å²) in [6.45, 7) is 8.09. The molecule has 1 atom stereocenters. The minimum atomic E-state index is -1.35. The summed E-state index contributed by atoms with van der Waals surface area (Å²) in [7, 11) is 0. The molecule has 8 heteroatoms. The Morgan fingerprint density at radius 3 is 2.39 bits per heavy atom. The van der Waals surface area contributed by atoms with Crippen molar-refractivity contribution in [2.75, 3.05) is 0 Å². The van der Waals surface area contributed by atoms with Crippen LogP contribution in [0.25, 0.3) is 10.9 Å². The van der Waals surface area contributed by atoms with Gasteiger partial charge in [-0.1, -0.05) is 18.2 Å². The highest BCUT2D eigenvalue weighted by Crippen LogP contribution is 2.19. The number of H-pyrrole nitrogens is 1. The van der Waals surface area contributed by atoms with E-state index in [4.69, 9.17) is 4.74 Å². The topological polar surface area (TPSA) is 121 Å². The fourth-order valence-electron chi connectivity index (χ4n) is 2.67. The molecule has 0 unspecified atom stereocenters. The van der Waals surface area contributed by atoms with E-state index in [0.717, 1.165) is 16.5 Å². The van der Waals surface area contributed by atoms with E-state index in [0.29, 0.717) is 0 Å². The van der Waals surface area contributed by atoms with Gasteiger partial charge < -0.3 is 25.5 Å². The average molecular weight is 389 g/mol. The molecule has 1 aromatic heterocycles. The Labute approximate surface area is 163 Å². The van der Waals surface area contributed by atoms with Crippen LogP contribution in [0, 0.1) is 0 Å². The van der Waals surface area contributed by atoms with Crippen LogP contribution in [0.5, 0.6) is 0 Å². The third-order valence-electron chi connectivity index (χ3n) is 4.08. The largest absolute Gasteiger partial charge is 0.480 e. The lowest BCUT2D eigenvalue weighted by molar-refractivity contribution is -0.142. The van der Waals surface area contributed by atoms with E-state index in [1.807, 2.05) is 24.3 Å². The molecule has 0 bridgehead atoms. The molecule has 28 heavy (non-hydrogen) atoms. The van der Waals surface area contributed by atoms with Gasteiger partial charge in [0.05, 0.1) is 0 Å². The minimum absolute atomic E-state index is 0.105. The number of carboxylic acids is 1. The maximum atomic E-state index is 12.6. The molecule has 0 aliphatic heterocycles. The first-order chi connectivity index (χ1) is 12.9. The highest BCUT2D eigenvalue weighted by atomic mass is 16.6. The maximum absolute atomic E-state index is 12.6. The van der Waals surface area contributed by atoms with E-state index < -0.39 is 35.2 Å². The molecule has 2 amide bonds. The Morgan fingerprint density at radius 1 is 1.14 bits per heavy atom. The summed E-state index contributed by atoms with van der Waals surface area (Å²) in [6, 6.07) is 6.37. The van der Waals surface area contributed by atoms with Crippen molar-refractivity contribution in [2.45, 2.75) is 58.2 Å². The number of aromatic nitrogens is 1. The molecule has 1 aromatic carbocycles. The van der Waals surface area contributed by atoms with Crippen LogP contribution in [0.15, 0.2) is 30.5 Å². The number of carbonyl (C=O) groups excluding carboxylic acids is 2. The molecule has 4 N–H and O–H groups in total. The zero-order valence-electron chi connectivity index (χ0n) is 16.8. The number of carbonyl (C=O) groups is 3. The van der Waals surface area contributed by atoms with Crippen LogP contribution < -0.4 is 10.6 Å². The van der Waals surface area contributed by atoms with Crippen LogP contribution >= 0.6 is 0 Å². The lowest BCUT2D eigenvalue weighted by Gasteiger charge is -2.28. The van der Waals surface area contributed by atoms with Crippen molar-refractivity contribution in [3.8, 4) is 0 Å². The number of aromatic amines is 1. The quantitative estimate of drug-likeness (QED) is 0.605. The van der Waals surface area contributed by atoms with Crippen molar-refractivity contribution in [1.82, 2.24) is 15.6 Å². The Kier molecular flexibility index (Phi) is 6.01. The number of rotatable bonds is 6. The molecule has 0 fully saturated rings. The van der Waals surface area contributed by atoms with E-state index in [1.165, 1.54) is 13.8 Å². The van der Waals surface area contributed by atoms with Crippen LogP contribution in [0.3, 0.4) is 0 Å². The van der Waals surface area contributed by atoms with Gasteiger partial charge in [-0.05, 0) is 46.2 Å². The third-order valence-corrected chi connectivity index (χ3v) is 4.08. The van der Waals surface area contributed by atoms with Gasteiger partial charge >= 0.3 is 12.1 Å². The number of alkyl carbamates (subject to hydrolysis) is 1. The smallest absolute Gasteiger partial charge is 0.408 e. The first kappa shape index (κ1) is 21.3. The average Bonchev–Trinajstić information content (AvgIpc) is 2.94. The highest BCUT2D eigenvalue weighted by molar-refractivity contribution is 5.92. The summed E-state index contributed by atoms with van der Waals surface area (Å²) in [5, 5.41) is 15.4. The van der Waals surface area contributed by atoms with E-state index in [1.54, 1.807) is 27.0 Å². The second kappa shape index (κ2) is 7.92. The molecule has 2 aromatic rings. The SMILES string of the molecule is CC(C)(C)OC(=O)NC(C)(C)C(=O)N[C@@H](Cc1c[nH]c2ccccc12)C(=O)O. The van der Waals surface area contributed by atoms with Crippen molar-refractivity contribution < 1.29 is 24.2 Å². The molecule has 2 rings (SSSR count). The number of para-hydroxylation sites is 1. The van der Waals surface area contributed by atoms with Crippen molar-refractivity contribution in [1.29, 1.82) is 0 Å². The number of hydrogen-bond donors (Lipinski definition) is 4. The van der Waals surface area contributed by atoms with E-state index >= 15 is 0 Å². The van der Waals surface area contributed by atoms with Gasteiger partial charge in [-0.3, -0.25) is 4.79 Å². The molecule has 0 aliphatic carbocycles. The fourth-order valence-corrected chi connectivity index (χ4v) is 2.67. The Balaban J connectivity index is 2.09. The van der Waals surface area contributed by atoms with Crippen LogP contribution in [0.4, 0.5) is 4.79 Å². The van der Waals surface area contributed by atoms with Gasteiger partial charge in [-0.2, -0.15) is 0 Å². The van der Waals surface area contributed by atoms with Gasteiger partial charge in [-0.15, -0.1) is 0 Å². The maximum Gasteiger partial charge on any atom is 0.408 e. The standard InChI is InChI=1S/C20H27N3O5/c1-19(2,3)28-18(27)23-20(4,5)17(26)22-15(16(24)25)10-12-11-21-14-9-7-6-8-13(12)14/h6-9,11,15,21H,10H2,1-5H3,(H,22,26)(H,23,27)(H,24,25)/t15-/m0/s1. The number of aliphatic carboxylic acids is 1. The van der Waals surface area contributed by atoms with Crippen LogP contribution in [-0.4, -0.2) is 45.2 Å². The zero-order chi connectivity index (χ0) is 21.1. The van der Waals surface area contributed by atoms with Gasteiger partial charge in [0.15, 0.2) is 0 Å². The Morgan fingerprint density at radius 2 is 1.79 bits per heavy atom. The second-order valence-electron chi connectivity index (χ2n) is 8.18. The number of ether oxygens (including phenoxy) is 1. The monoisotopic (exact) mass is 389 g/mol. The second-order valence-corrected chi connectivity index (χ2v) is 8.18. The van der Waals surface area contributed by atoms with E-state index in [-0.39, 0.29) is 6.42 Å². The van der Waals surface area contributed by atoms with Crippen molar-refractivity contribution in [2.24, 2.45) is 0 Å². The molecule has 0 spiro atoms. The lowest BCUT2D eigenvalue weighted by atomic mass is 10.0. The van der Waals surface area contributed by atoms with Gasteiger partial charge in [0, 0.05) is 23.5 Å². The summed E-state index contributed by atoms with van der Waals surface area (Å²) in [5.41, 5.74) is -0.396. The normalized spacial score (nSPS) is 13.0. The fraction of sp³-hybridized carbons (Fsp3) is 0.450. The first-order valence-electron chi connectivity index (χ1n) is 8.99. The Bertz CT molecular complexity index is 879. The molecule has 0 radical (unpaired) electrons. The summed E-state index contributed by atoms with van der Waals surface area (Å²) in [4.78, 5) is 39.4. The van der Waals surface area contributed by atoms with Crippen LogP contribution in [0.1, 0.15) is 40.2 Å². The van der Waals surface area contributed by atoms with Gasteiger partial charge in [0.25, 0.3) is 0 Å². The summed E-state index contributed by atoms with van der Waals surface area (Å²) in [6.07, 6.45) is 1.08. The zero-order valence-corrected chi connectivity index (χ0v) is 16.8. The molecule has 0 saturated carbocycles. The number of hydrogen-bond acceptors (Lipinski definition) is 4. The summed E-state index contributed by atoms with van der Waals surface area (Å²) in [5.74, 6) is -1.78. The number of amides is 2. The number of carboxylic acid groups (broad SMARTS) is 1. The molecular formula is C20H27N3O5. The molecule has 1 heterocycles. The predicted octanol–water partition coefficient (Wildman–Crippen LogP) is 2.58. The lowest BCUT2D eigenvalue weighted by Crippen LogP contribution is -2.58. The number of benzene rings is 1. The van der Waals surface area contributed by atoms with Gasteiger partial charge in [-0.25, -0.2) is 9.59 Å². The summed E-state index contributed by atoms with van der Waals surface area (Å²) >= 11 is 0. The van der Waals surface area contributed by atoms with Crippen molar-refractivity contribution >= 4 is 28.9 Å². The number of fused-ring (bicyclic) bond motifs is 1. The van der Waals surface area contributed by atoms with Crippen LogP contribution in [-0.2, 0) is 20.7 Å². The molecule has 0 aliphatic rings. The van der Waals surface area contributed by atoms with Gasteiger partial charge in [0.2, 0.25) is 5.91 Å². The Hall–Kier alpha value is -3.03. The third kappa shape index (κ3) is 5.48. The minimum Gasteiger partial charge on any atom is -0.480 e. The highest BCUT2D eigenvalue weighted by Gasteiger charge is 2.34. The van der Waals surface area contributed by atoms with Gasteiger partial charge in [0.1, 0.15) is 17.2 Å². The van der Waals surface area contributed by atoms with Crippen molar-refractivity contribution in [3.63, 3.8) is 0 Å². The molecule has 0 saturated heterocycles. The summed E-state index contributed by atoms with van der Waals surface area (Å²) < 4.78 is 5.16. The number of nitrogens with one attached hydrogen (secondary N) is 3. The van der Waals surface area contributed by atoms with E-state index in [2.05, 4.69) is 15.6 Å². The molecule has 152 valence electrons.